The van der Waals surface area contributed by atoms with E-state index in [2.05, 4.69) is 30.1 Å². The van der Waals surface area contributed by atoms with E-state index in [1.165, 1.54) is 4.88 Å². The van der Waals surface area contributed by atoms with E-state index < -0.39 is 0 Å². The van der Waals surface area contributed by atoms with Gasteiger partial charge in [0.05, 0.1) is 11.7 Å². The fourth-order valence-electron chi connectivity index (χ4n) is 3.14. The summed E-state index contributed by atoms with van der Waals surface area (Å²) in [5.41, 5.74) is 0.834. The topological polar surface area (TPSA) is 55.8 Å². The van der Waals surface area contributed by atoms with Crippen molar-refractivity contribution in [2.75, 3.05) is 31.1 Å². The number of hydrogen-bond donors (Lipinski definition) is 2. The first-order valence-corrected chi connectivity index (χ1v) is 9.56. The molecule has 3 rings (SSSR count). The number of piperazine rings is 1. The van der Waals surface area contributed by atoms with E-state index in [0.29, 0.717) is 19.0 Å². The lowest BCUT2D eigenvalue weighted by Crippen LogP contribution is -2.52. The molecule has 1 aromatic carbocycles. The average molecular weight is 359 g/mol. The molecule has 1 aliphatic rings. The second-order valence-electron chi connectivity index (χ2n) is 6.65. The molecule has 1 atom stereocenters. The van der Waals surface area contributed by atoms with Crippen LogP contribution in [0.2, 0.25) is 0 Å². The summed E-state index contributed by atoms with van der Waals surface area (Å²) < 4.78 is 0. The van der Waals surface area contributed by atoms with Crippen LogP contribution >= 0.6 is 11.3 Å². The van der Waals surface area contributed by atoms with Crippen LogP contribution in [0, 0.1) is 5.92 Å². The van der Waals surface area contributed by atoms with Crippen LogP contribution in [0.1, 0.15) is 24.8 Å². The third-order valence-corrected chi connectivity index (χ3v) is 5.54. The molecule has 0 aliphatic carbocycles. The highest BCUT2D eigenvalue weighted by Crippen LogP contribution is 2.28. The van der Waals surface area contributed by atoms with Crippen LogP contribution in [-0.4, -0.2) is 42.2 Å². The van der Waals surface area contributed by atoms with Crippen molar-refractivity contribution in [2.24, 2.45) is 5.92 Å². The average Bonchev–Trinajstić information content (AvgIpc) is 3.14. The molecule has 25 heavy (non-hydrogen) atoms. The van der Waals surface area contributed by atoms with Gasteiger partial charge in [0.1, 0.15) is 5.75 Å². The fraction of sp³-hybridized carbons (Fsp3) is 0.421. The number of hydrogen-bond acceptors (Lipinski definition) is 4. The van der Waals surface area contributed by atoms with Gasteiger partial charge in [-0.3, -0.25) is 0 Å². The molecule has 2 amide bonds. The number of thiophene rings is 1. The largest absolute Gasteiger partial charge is 0.506 e. The number of rotatable bonds is 4. The summed E-state index contributed by atoms with van der Waals surface area (Å²) in [6, 6.07) is 11.5. The number of phenolic OH excluding ortho intramolecular Hbond substituents is 1. The Morgan fingerprint density at radius 1 is 1.12 bits per heavy atom. The van der Waals surface area contributed by atoms with Gasteiger partial charge in [-0.2, -0.15) is 0 Å². The maximum Gasteiger partial charge on any atom is 0.318 e. The summed E-state index contributed by atoms with van der Waals surface area (Å²) in [4.78, 5) is 17.8. The maximum atomic E-state index is 12.7. The molecule has 2 N–H and O–H groups in total. The molecular weight excluding hydrogens is 334 g/mol. The molecule has 1 aromatic heterocycles. The van der Waals surface area contributed by atoms with Crippen molar-refractivity contribution in [1.82, 2.24) is 10.2 Å². The monoisotopic (exact) mass is 359 g/mol. The number of phenols is 1. The summed E-state index contributed by atoms with van der Waals surface area (Å²) in [5.74, 6) is 0.628. The van der Waals surface area contributed by atoms with E-state index in [1.54, 1.807) is 17.4 Å². The van der Waals surface area contributed by atoms with Gasteiger partial charge in [-0.05, 0) is 29.5 Å². The molecule has 1 aliphatic heterocycles. The van der Waals surface area contributed by atoms with E-state index in [9.17, 15) is 9.90 Å². The summed E-state index contributed by atoms with van der Waals surface area (Å²) in [5, 5.41) is 15.2. The SMILES string of the molecule is CC(C)C(NC(=O)N1CCN(c2ccccc2O)CC1)c1cccs1. The van der Waals surface area contributed by atoms with Crippen LogP contribution in [0.25, 0.3) is 0 Å². The number of carbonyl (C=O) groups is 1. The van der Waals surface area contributed by atoms with Crippen molar-refractivity contribution in [3.8, 4) is 5.75 Å². The molecular formula is C19H25N3O2S. The molecule has 134 valence electrons. The Labute approximate surface area is 152 Å². The minimum Gasteiger partial charge on any atom is -0.506 e. The summed E-state index contributed by atoms with van der Waals surface area (Å²) in [6.45, 7) is 6.99. The van der Waals surface area contributed by atoms with Crippen molar-refractivity contribution in [2.45, 2.75) is 19.9 Å². The Balaban J connectivity index is 1.59. The molecule has 5 nitrogen and oxygen atoms in total. The highest BCUT2D eigenvalue weighted by atomic mass is 32.1. The number of benzene rings is 1. The van der Waals surface area contributed by atoms with Crippen molar-refractivity contribution in [1.29, 1.82) is 0 Å². The van der Waals surface area contributed by atoms with Crippen molar-refractivity contribution < 1.29 is 9.90 Å². The van der Waals surface area contributed by atoms with Gasteiger partial charge in [-0.25, -0.2) is 4.79 Å². The van der Waals surface area contributed by atoms with E-state index in [1.807, 2.05) is 34.5 Å². The van der Waals surface area contributed by atoms with Crippen LogP contribution in [0.5, 0.6) is 5.75 Å². The number of para-hydroxylation sites is 2. The van der Waals surface area contributed by atoms with Crippen LogP contribution in [0.4, 0.5) is 10.5 Å². The van der Waals surface area contributed by atoms with Gasteiger partial charge in [0, 0.05) is 31.1 Å². The molecule has 0 bridgehead atoms. The molecule has 0 radical (unpaired) electrons. The van der Waals surface area contributed by atoms with E-state index in [0.717, 1.165) is 18.8 Å². The second kappa shape index (κ2) is 7.78. The molecule has 2 heterocycles. The zero-order valence-corrected chi connectivity index (χ0v) is 15.5. The van der Waals surface area contributed by atoms with E-state index in [-0.39, 0.29) is 17.8 Å². The zero-order valence-electron chi connectivity index (χ0n) is 14.7. The van der Waals surface area contributed by atoms with Gasteiger partial charge in [0.25, 0.3) is 0 Å². The number of nitrogens with one attached hydrogen (secondary N) is 1. The molecule has 2 aromatic rings. The predicted octanol–water partition coefficient (Wildman–Crippen LogP) is 3.68. The molecule has 6 heteroatoms. The maximum absolute atomic E-state index is 12.7. The van der Waals surface area contributed by atoms with E-state index in [4.69, 9.17) is 0 Å². The van der Waals surface area contributed by atoms with Gasteiger partial charge in [0.2, 0.25) is 0 Å². The lowest BCUT2D eigenvalue weighted by Gasteiger charge is -2.37. The standard InChI is InChI=1S/C19H25N3O2S/c1-14(2)18(17-8-5-13-25-17)20-19(24)22-11-9-21(10-12-22)15-6-3-4-7-16(15)23/h3-8,13-14,18,23H,9-12H2,1-2H3,(H,20,24). The first-order valence-electron chi connectivity index (χ1n) is 8.68. The van der Waals surface area contributed by atoms with Crippen LogP contribution in [0.15, 0.2) is 41.8 Å². The lowest BCUT2D eigenvalue weighted by molar-refractivity contribution is 0.187. The molecule has 1 unspecified atom stereocenters. The highest BCUT2D eigenvalue weighted by Gasteiger charge is 2.26. The van der Waals surface area contributed by atoms with E-state index >= 15 is 0 Å². The normalized spacial score (nSPS) is 16.1. The Morgan fingerprint density at radius 2 is 1.84 bits per heavy atom. The van der Waals surface area contributed by atoms with Crippen LogP contribution in [-0.2, 0) is 0 Å². The van der Waals surface area contributed by atoms with Gasteiger partial charge in [-0.15, -0.1) is 11.3 Å². The van der Waals surface area contributed by atoms with Gasteiger partial charge in [0.15, 0.2) is 0 Å². The Bertz CT molecular complexity index is 694. The first-order chi connectivity index (χ1) is 12.1. The Hall–Kier alpha value is -2.21. The Kier molecular flexibility index (Phi) is 5.48. The van der Waals surface area contributed by atoms with Gasteiger partial charge < -0.3 is 20.2 Å². The van der Waals surface area contributed by atoms with Gasteiger partial charge >= 0.3 is 6.03 Å². The number of nitrogens with zero attached hydrogens (tertiary/aromatic N) is 2. The smallest absolute Gasteiger partial charge is 0.318 e. The number of aromatic hydroxyl groups is 1. The van der Waals surface area contributed by atoms with Gasteiger partial charge in [-0.1, -0.05) is 32.0 Å². The number of carbonyl (C=O) groups excluding carboxylic acids is 1. The predicted molar refractivity (Wildman–Crippen MR) is 102 cm³/mol. The quantitative estimate of drug-likeness (QED) is 0.875. The van der Waals surface area contributed by atoms with Crippen molar-refractivity contribution >= 4 is 23.1 Å². The van der Waals surface area contributed by atoms with Crippen LogP contribution in [0.3, 0.4) is 0 Å². The number of urea groups is 1. The van der Waals surface area contributed by atoms with Crippen molar-refractivity contribution in [3.63, 3.8) is 0 Å². The molecule has 0 saturated carbocycles. The molecule has 0 spiro atoms. The third kappa shape index (κ3) is 4.07. The minimum absolute atomic E-state index is 0.0102. The molecule has 1 saturated heterocycles. The lowest BCUT2D eigenvalue weighted by atomic mass is 10.0. The number of anilines is 1. The van der Waals surface area contributed by atoms with Crippen LogP contribution < -0.4 is 10.2 Å². The highest BCUT2D eigenvalue weighted by molar-refractivity contribution is 7.10. The minimum atomic E-state index is -0.0102. The number of amides is 2. The first kappa shape index (κ1) is 17.6. The fourth-order valence-corrected chi connectivity index (χ4v) is 4.09. The second-order valence-corrected chi connectivity index (χ2v) is 7.63. The summed E-state index contributed by atoms with van der Waals surface area (Å²) >= 11 is 1.68. The van der Waals surface area contributed by atoms with Crippen molar-refractivity contribution in [3.05, 3.63) is 46.7 Å². The summed E-state index contributed by atoms with van der Waals surface area (Å²) in [7, 11) is 0. The third-order valence-electron chi connectivity index (χ3n) is 4.58. The molecule has 1 fully saturated rings. The summed E-state index contributed by atoms with van der Waals surface area (Å²) in [6.07, 6.45) is 0. The zero-order chi connectivity index (χ0) is 17.8. The Morgan fingerprint density at radius 3 is 2.44 bits per heavy atom.